The molecule has 0 spiro atoms. The van der Waals surface area contributed by atoms with Crippen molar-refractivity contribution in [1.29, 1.82) is 5.41 Å². The molecular weight excluding hydrogens is 450 g/mol. The molecule has 0 radical (unpaired) electrons. The second kappa shape index (κ2) is 8.06. The summed E-state index contributed by atoms with van der Waals surface area (Å²) in [7, 11) is -1.96. The summed E-state index contributed by atoms with van der Waals surface area (Å²) in [5.41, 5.74) is 3.56. The van der Waals surface area contributed by atoms with Gasteiger partial charge in [0, 0.05) is 17.1 Å². The maximum Gasteiger partial charge on any atom is 0.283 e. The third-order valence-corrected chi connectivity index (χ3v) is 8.27. The van der Waals surface area contributed by atoms with Crippen LogP contribution in [0.15, 0.2) is 46.0 Å². The first-order valence-electron chi connectivity index (χ1n) is 9.72. The molecule has 1 aromatic heterocycles. The zero-order valence-corrected chi connectivity index (χ0v) is 19.5. The van der Waals surface area contributed by atoms with E-state index in [9.17, 15) is 13.2 Å². The number of thioether (sulfide) groups is 1. The van der Waals surface area contributed by atoms with E-state index in [4.69, 9.17) is 10.1 Å². The number of nitrogens with zero attached hydrogens (tertiary/aromatic N) is 4. The van der Waals surface area contributed by atoms with Crippen molar-refractivity contribution in [2.24, 2.45) is 10.1 Å². The smallest absolute Gasteiger partial charge is 0.283 e. The highest BCUT2D eigenvalue weighted by molar-refractivity contribution is 8.42. The fraction of sp³-hybridized carbons (Fsp3) is 0.238. The third kappa shape index (κ3) is 3.67. The molecule has 9 nitrogen and oxygen atoms in total. The van der Waals surface area contributed by atoms with Gasteiger partial charge < -0.3 is 9.30 Å². The van der Waals surface area contributed by atoms with E-state index < -0.39 is 15.7 Å². The number of amidine groups is 2. The lowest BCUT2D eigenvalue weighted by Gasteiger charge is -2.20. The van der Waals surface area contributed by atoms with Gasteiger partial charge in [0.1, 0.15) is 5.75 Å². The molecule has 4 rings (SSSR count). The van der Waals surface area contributed by atoms with E-state index >= 15 is 0 Å². The van der Waals surface area contributed by atoms with Gasteiger partial charge in [-0.05, 0) is 67.6 Å². The Labute approximate surface area is 189 Å². The number of aliphatic imine (C=N–C) groups is 1. The first-order valence-corrected chi connectivity index (χ1v) is 12.2. The SMILES string of the molecule is CCS(=O)(=O)C1=NN2C(=N)/C(=C\c3cc(C)n(-c4ccc(OC)cc4)c3C)C(=O)N=C2S1. The predicted octanol–water partition coefficient (Wildman–Crippen LogP) is 3.11. The highest BCUT2D eigenvalue weighted by Gasteiger charge is 2.39. The monoisotopic (exact) mass is 471 g/mol. The number of amides is 1. The molecule has 1 amide bonds. The van der Waals surface area contributed by atoms with E-state index in [-0.39, 0.29) is 26.7 Å². The van der Waals surface area contributed by atoms with Crippen molar-refractivity contribution in [3.05, 3.63) is 52.9 Å². The number of nitrogens with one attached hydrogen (secondary N) is 1. The first-order chi connectivity index (χ1) is 15.2. The van der Waals surface area contributed by atoms with Crippen LogP contribution in [-0.2, 0) is 14.6 Å². The summed E-state index contributed by atoms with van der Waals surface area (Å²) in [6, 6.07) is 9.53. The number of carbonyl (C=O) groups is 1. The molecule has 0 aliphatic carbocycles. The molecule has 3 heterocycles. The van der Waals surface area contributed by atoms with Crippen LogP contribution < -0.4 is 4.74 Å². The normalized spacial score (nSPS) is 17.5. The molecule has 2 aliphatic heterocycles. The number of sulfone groups is 1. The van der Waals surface area contributed by atoms with Crippen molar-refractivity contribution in [2.75, 3.05) is 12.9 Å². The zero-order valence-electron chi connectivity index (χ0n) is 17.9. The quantitative estimate of drug-likeness (QED) is 0.685. The Balaban J connectivity index is 1.72. The number of fused-ring (bicyclic) bond motifs is 1. The van der Waals surface area contributed by atoms with Gasteiger partial charge >= 0.3 is 0 Å². The van der Waals surface area contributed by atoms with Gasteiger partial charge in [0.15, 0.2) is 5.84 Å². The Morgan fingerprint density at radius 2 is 1.91 bits per heavy atom. The molecule has 0 saturated carbocycles. The Morgan fingerprint density at radius 1 is 1.22 bits per heavy atom. The second-order valence-corrected chi connectivity index (χ2v) is 10.6. The zero-order chi connectivity index (χ0) is 23.2. The number of hydrazone groups is 1. The fourth-order valence-electron chi connectivity index (χ4n) is 3.44. The topological polar surface area (TPSA) is 117 Å². The standard InChI is InChI=1S/C21H21N5O4S2/c1-5-32(28,29)21-24-26-18(22)17(19(27)23-20(26)31-21)11-14-10-12(2)25(13(14)3)15-6-8-16(30-4)9-7-15/h6-11,22H,5H2,1-4H3/b17-11+,22-18?. The van der Waals surface area contributed by atoms with Gasteiger partial charge in [0.25, 0.3) is 5.91 Å². The Kier molecular flexibility index (Phi) is 5.55. The van der Waals surface area contributed by atoms with Crippen LogP contribution in [0, 0.1) is 19.3 Å². The maximum atomic E-state index is 12.7. The predicted molar refractivity (Wildman–Crippen MR) is 126 cm³/mol. The Morgan fingerprint density at radius 3 is 2.53 bits per heavy atom. The van der Waals surface area contributed by atoms with Gasteiger partial charge in [-0.15, -0.1) is 5.10 Å². The number of aryl methyl sites for hydroxylation is 1. The van der Waals surface area contributed by atoms with Gasteiger partial charge in [0.2, 0.25) is 19.4 Å². The molecule has 2 aliphatic rings. The summed E-state index contributed by atoms with van der Waals surface area (Å²) in [5.74, 6) is -0.181. The van der Waals surface area contributed by atoms with Crippen LogP contribution in [0.3, 0.4) is 0 Å². The van der Waals surface area contributed by atoms with E-state index in [0.29, 0.717) is 0 Å². The molecule has 1 N–H and O–H groups in total. The lowest BCUT2D eigenvalue weighted by atomic mass is 10.1. The summed E-state index contributed by atoms with van der Waals surface area (Å²) >= 11 is 0.787. The van der Waals surface area contributed by atoms with E-state index in [1.165, 1.54) is 6.92 Å². The summed E-state index contributed by atoms with van der Waals surface area (Å²) in [6.45, 7) is 5.38. The Hall–Kier alpha value is -3.18. The summed E-state index contributed by atoms with van der Waals surface area (Å²) in [6.07, 6.45) is 1.60. The fourth-order valence-corrected chi connectivity index (χ4v) is 5.61. The summed E-state index contributed by atoms with van der Waals surface area (Å²) in [5, 5.41) is 13.7. The molecule has 2 aromatic rings. The minimum Gasteiger partial charge on any atom is -0.497 e. The lowest BCUT2D eigenvalue weighted by molar-refractivity contribution is -0.114. The summed E-state index contributed by atoms with van der Waals surface area (Å²) < 4.78 is 31.4. The van der Waals surface area contributed by atoms with Crippen LogP contribution >= 0.6 is 11.8 Å². The molecular formula is C21H21N5O4S2. The minimum atomic E-state index is -3.57. The third-order valence-electron chi connectivity index (χ3n) is 5.18. The van der Waals surface area contributed by atoms with Crippen LogP contribution in [0.4, 0.5) is 0 Å². The number of aromatic nitrogens is 1. The molecule has 0 bridgehead atoms. The van der Waals surface area contributed by atoms with Crippen molar-refractivity contribution in [2.45, 2.75) is 20.8 Å². The van der Waals surface area contributed by atoms with Crippen LogP contribution in [0.5, 0.6) is 5.75 Å². The van der Waals surface area contributed by atoms with Crippen molar-refractivity contribution in [1.82, 2.24) is 9.58 Å². The van der Waals surface area contributed by atoms with Crippen molar-refractivity contribution >= 4 is 49.0 Å². The van der Waals surface area contributed by atoms with Gasteiger partial charge in [-0.3, -0.25) is 10.2 Å². The van der Waals surface area contributed by atoms with E-state index in [0.717, 1.165) is 45.2 Å². The summed E-state index contributed by atoms with van der Waals surface area (Å²) in [4.78, 5) is 16.6. The van der Waals surface area contributed by atoms with Gasteiger partial charge in [0.05, 0.1) is 18.4 Å². The lowest BCUT2D eigenvalue weighted by Crippen LogP contribution is -2.35. The number of methoxy groups -OCH3 is 1. The van der Waals surface area contributed by atoms with E-state index in [1.54, 1.807) is 13.2 Å². The van der Waals surface area contributed by atoms with Crippen LogP contribution in [0.25, 0.3) is 11.8 Å². The highest BCUT2D eigenvalue weighted by atomic mass is 32.3. The maximum absolute atomic E-state index is 12.7. The first kappa shape index (κ1) is 22.0. The molecule has 32 heavy (non-hydrogen) atoms. The number of carbonyl (C=O) groups excluding carboxylic acids is 1. The molecule has 166 valence electrons. The van der Waals surface area contributed by atoms with Gasteiger partial charge in [-0.25, -0.2) is 8.42 Å². The van der Waals surface area contributed by atoms with E-state index in [1.807, 2.05) is 48.7 Å². The number of rotatable bonds is 4. The largest absolute Gasteiger partial charge is 0.497 e. The molecule has 11 heteroatoms. The number of hydrogen-bond donors (Lipinski definition) is 1. The van der Waals surface area contributed by atoms with Gasteiger partial charge in [-0.1, -0.05) is 6.92 Å². The molecule has 0 atom stereocenters. The van der Waals surface area contributed by atoms with Crippen molar-refractivity contribution in [3.8, 4) is 11.4 Å². The Bertz CT molecular complexity index is 1330. The average molecular weight is 472 g/mol. The van der Waals surface area contributed by atoms with Crippen LogP contribution in [0.2, 0.25) is 0 Å². The molecule has 0 saturated heterocycles. The number of ether oxygens (including phenoxy) is 1. The van der Waals surface area contributed by atoms with Crippen LogP contribution in [-0.4, -0.2) is 52.1 Å². The number of hydrogen-bond acceptors (Lipinski definition) is 7. The highest BCUT2D eigenvalue weighted by Crippen LogP contribution is 2.31. The molecule has 1 aromatic carbocycles. The van der Waals surface area contributed by atoms with Crippen molar-refractivity contribution < 1.29 is 17.9 Å². The number of benzene rings is 1. The minimum absolute atomic E-state index is 0.0447. The van der Waals surface area contributed by atoms with Crippen molar-refractivity contribution in [3.63, 3.8) is 0 Å². The van der Waals surface area contributed by atoms with Crippen LogP contribution in [0.1, 0.15) is 23.9 Å². The molecule has 0 unspecified atom stereocenters. The van der Waals surface area contributed by atoms with E-state index in [2.05, 4.69) is 10.1 Å². The second-order valence-electron chi connectivity index (χ2n) is 7.15. The average Bonchev–Trinajstić information content (AvgIpc) is 3.32. The molecule has 0 fully saturated rings. The van der Waals surface area contributed by atoms with Gasteiger partial charge in [-0.2, -0.15) is 10.0 Å².